The summed E-state index contributed by atoms with van der Waals surface area (Å²) in [6.45, 7) is 4.26. The lowest BCUT2D eigenvalue weighted by atomic mass is 9.98. The van der Waals surface area contributed by atoms with Crippen LogP contribution < -0.4 is 5.43 Å². The Balaban J connectivity index is 2.41. The van der Waals surface area contributed by atoms with E-state index in [1.807, 2.05) is 24.3 Å². The minimum Gasteiger partial charge on any atom is -0.456 e. The Bertz CT molecular complexity index is 843. The molecule has 0 N–H and O–H groups in total. The van der Waals surface area contributed by atoms with E-state index in [0.717, 1.165) is 47.8 Å². The van der Waals surface area contributed by atoms with Gasteiger partial charge in [-0.15, -0.1) is 0 Å². The summed E-state index contributed by atoms with van der Waals surface area (Å²) < 4.78 is 6.07. The number of fused-ring (bicyclic) bond motifs is 2. The van der Waals surface area contributed by atoms with Gasteiger partial charge in [0.1, 0.15) is 11.2 Å². The highest BCUT2D eigenvalue weighted by Gasteiger charge is 2.13. The Kier molecular flexibility index (Phi) is 3.78. The van der Waals surface area contributed by atoms with E-state index in [4.69, 9.17) is 4.42 Å². The molecular weight excluding hydrogens is 260 g/mol. The van der Waals surface area contributed by atoms with Crippen LogP contribution in [0.2, 0.25) is 0 Å². The third kappa shape index (κ3) is 2.35. The number of benzene rings is 2. The molecule has 0 aliphatic heterocycles. The van der Waals surface area contributed by atoms with Gasteiger partial charge in [0.15, 0.2) is 0 Å². The molecule has 0 atom stereocenters. The highest BCUT2D eigenvalue weighted by Crippen LogP contribution is 2.26. The molecule has 3 aromatic rings. The third-order valence-corrected chi connectivity index (χ3v) is 4.08. The summed E-state index contributed by atoms with van der Waals surface area (Å²) in [5.41, 5.74) is 3.78. The summed E-state index contributed by atoms with van der Waals surface area (Å²) in [4.78, 5) is 12.9. The largest absolute Gasteiger partial charge is 0.456 e. The Morgan fingerprint density at radius 1 is 1.00 bits per heavy atom. The van der Waals surface area contributed by atoms with Crippen LogP contribution in [-0.2, 0) is 12.8 Å². The topological polar surface area (TPSA) is 30.2 Å². The van der Waals surface area contributed by atoms with Crippen molar-refractivity contribution in [1.29, 1.82) is 0 Å². The molecule has 0 radical (unpaired) electrons. The Hall–Kier alpha value is -2.09. The second-order valence-corrected chi connectivity index (χ2v) is 5.47. The maximum atomic E-state index is 12.9. The molecule has 1 aromatic heterocycles. The van der Waals surface area contributed by atoms with Crippen LogP contribution in [0.15, 0.2) is 45.6 Å². The van der Waals surface area contributed by atoms with Crippen LogP contribution in [0, 0.1) is 0 Å². The molecule has 2 aromatic carbocycles. The molecule has 0 unspecified atom stereocenters. The van der Waals surface area contributed by atoms with Gasteiger partial charge in [-0.2, -0.15) is 0 Å². The first-order valence-electron chi connectivity index (χ1n) is 7.72. The second-order valence-electron chi connectivity index (χ2n) is 5.47. The first kappa shape index (κ1) is 13.9. The molecule has 1 heterocycles. The zero-order valence-corrected chi connectivity index (χ0v) is 12.6. The van der Waals surface area contributed by atoms with Gasteiger partial charge in [-0.3, -0.25) is 4.79 Å². The van der Waals surface area contributed by atoms with Gasteiger partial charge in [0, 0.05) is 0 Å². The molecule has 0 saturated carbocycles. The van der Waals surface area contributed by atoms with Gasteiger partial charge >= 0.3 is 0 Å². The van der Waals surface area contributed by atoms with E-state index in [2.05, 4.69) is 26.0 Å². The average Bonchev–Trinajstić information content (AvgIpc) is 2.52. The van der Waals surface area contributed by atoms with Crippen molar-refractivity contribution in [3.8, 4) is 0 Å². The van der Waals surface area contributed by atoms with E-state index in [-0.39, 0.29) is 5.43 Å². The lowest BCUT2D eigenvalue weighted by Crippen LogP contribution is -2.06. The van der Waals surface area contributed by atoms with Crippen LogP contribution in [0.3, 0.4) is 0 Å². The Labute approximate surface area is 124 Å². The maximum absolute atomic E-state index is 12.9. The Morgan fingerprint density at radius 2 is 1.76 bits per heavy atom. The number of rotatable bonds is 4. The van der Waals surface area contributed by atoms with E-state index in [1.54, 1.807) is 0 Å². The minimum absolute atomic E-state index is 0.105. The van der Waals surface area contributed by atoms with Crippen molar-refractivity contribution in [2.24, 2.45) is 0 Å². The molecule has 21 heavy (non-hydrogen) atoms. The van der Waals surface area contributed by atoms with Crippen LogP contribution in [0.25, 0.3) is 21.9 Å². The molecule has 0 fully saturated rings. The molecule has 2 nitrogen and oxygen atoms in total. The highest BCUT2D eigenvalue weighted by molar-refractivity contribution is 5.93. The van der Waals surface area contributed by atoms with Crippen molar-refractivity contribution >= 4 is 21.9 Å². The molecule has 0 saturated heterocycles. The standard InChI is InChI=1S/C19H20O2/c1-3-5-8-14-12-11-13(4-2)19-17(14)18(20)15-9-6-7-10-16(15)21-19/h6-7,9-12H,3-5,8H2,1-2H3. The van der Waals surface area contributed by atoms with Crippen LogP contribution in [0.4, 0.5) is 0 Å². The quantitative estimate of drug-likeness (QED) is 0.639. The van der Waals surface area contributed by atoms with Crippen LogP contribution >= 0.6 is 0 Å². The lowest BCUT2D eigenvalue weighted by Gasteiger charge is -2.10. The van der Waals surface area contributed by atoms with Gasteiger partial charge in [-0.1, -0.05) is 44.5 Å². The average molecular weight is 280 g/mol. The molecule has 0 bridgehead atoms. The normalized spacial score (nSPS) is 11.3. The number of aryl methyl sites for hydroxylation is 2. The molecule has 0 amide bonds. The van der Waals surface area contributed by atoms with E-state index < -0.39 is 0 Å². The fourth-order valence-electron chi connectivity index (χ4n) is 2.87. The zero-order valence-electron chi connectivity index (χ0n) is 12.6. The van der Waals surface area contributed by atoms with Gasteiger partial charge in [0.25, 0.3) is 0 Å². The van der Waals surface area contributed by atoms with Crippen molar-refractivity contribution in [2.45, 2.75) is 39.5 Å². The molecule has 0 aliphatic rings. The van der Waals surface area contributed by atoms with Crippen molar-refractivity contribution in [2.75, 3.05) is 0 Å². The van der Waals surface area contributed by atoms with Crippen molar-refractivity contribution in [3.05, 3.63) is 57.7 Å². The predicted molar refractivity (Wildman–Crippen MR) is 88.0 cm³/mol. The molecule has 0 spiro atoms. The summed E-state index contributed by atoms with van der Waals surface area (Å²) >= 11 is 0. The number of para-hydroxylation sites is 1. The van der Waals surface area contributed by atoms with E-state index in [0.29, 0.717) is 11.0 Å². The minimum atomic E-state index is 0.105. The van der Waals surface area contributed by atoms with Crippen LogP contribution in [0.1, 0.15) is 37.8 Å². The van der Waals surface area contributed by atoms with Gasteiger partial charge in [0.2, 0.25) is 5.43 Å². The van der Waals surface area contributed by atoms with Crippen LogP contribution in [-0.4, -0.2) is 0 Å². The van der Waals surface area contributed by atoms with Gasteiger partial charge in [-0.05, 0) is 42.5 Å². The number of unbranched alkanes of at least 4 members (excludes halogenated alkanes) is 1. The van der Waals surface area contributed by atoms with E-state index in [9.17, 15) is 4.79 Å². The Morgan fingerprint density at radius 3 is 2.52 bits per heavy atom. The highest BCUT2D eigenvalue weighted by atomic mass is 16.3. The summed E-state index contributed by atoms with van der Waals surface area (Å²) in [5.74, 6) is 0. The lowest BCUT2D eigenvalue weighted by molar-refractivity contribution is 0.653. The summed E-state index contributed by atoms with van der Waals surface area (Å²) in [6.07, 6.45) is 4.01. The van der Waals surface area contributed by atoms with E-state index in [1.165, 1.54) is 0 Å². The van der Waals surface area contributed by atoms with Gasteiger partial charge in [0.05, 0.1) is 10.8 Å². The molecule has 2 heteroatoms. The summed E-state index contributed by atoms with van der Waals surface area (Å²) in [7, 11) is 0. The summed E-state index contributed by atoms with van der Waals surface area (Å²) in [5, 5.41) is 1.46. The molecule has 108 valence electrons. The molecule has 3 rings (SSSR count). The second kappa shape index (κ2) is 5.72. The third-order valence-electron chi connectivity index (χ3n) is 4.08. The number of hydrogen-bond donors (Lipinski definition) is 0. The molecular formula is C19H20O2. The van der Waals surface area contributed by atoms with Gasteiger partial charge < -0.3 is 4.42 Å². The molecule has 0 aliphatic carbocycles. The first-order chi connectivity index (χ1) is 10.3. The fraction of sp³-hybridized carbons (Fsp3) is 0.316. The van der Waals surface area contributed by atoms with Gasteiger partial charge in [-0.25, -0.2) is 0 Å². The first-order valence-corrected chi connectivity index (χ1v) is 7.72. The monoisotopic (exact) mass is 280 g/mol. The van der Waals surface area contributed by atoms with Crippen molar-refractivity contribution in [1.82, 2.24) is 0 Å². The summed E-state index contributed by atoms with van der Waals surface area (Å²) in [6, 6.07) is 11.7. The predicted octanol–water partition coefficient (Wildman–Crippen LogP) is 4.85. The smallest absolute Gasteiger partial charge is 0.200 e. The van der Waals surface area contributed by atoms with Crippen LogP contribution in [0.5, 0.6) is 0 Å². The number of hydrogen-bond acceptors (Lipinski definition) is 2. The van der Waals surface area contributed by atoms with Crippen molar-refractivity contribution in [3.63, 3.8) is 0 Å². The van der Waals surface area contributed by atoms with Crippen molar-refractivity contribution < 1.29 is 4.42 Å². The SMILES string of the molecule is CCCCc1ccc(CC)c2oc3ccccc3c(=O)c12. The zero-order chi connectivity index (χ0) is 14.8. The fourth-order valence-corrected chi connectivity index (χ4v) is 2.87. The maximum Gasteiger partial charge on any atom is 0.200 e. The van der Waals surface area contributed by atoms with E-state index >= 15 is 0 Å².